The van der Waals surface area contributed by atoms with Gasteiger partial charge < -0.3 is 9.47 Å². The Kier molecular flexibility index (Phi) is 7.47. The minimum absolute atomic E-state index is 0.122. The lowest BCUT2D eigenvalue weighted by Gasteiger charge is -2.13. The molecule has 3 aromatic carbocycles. The molecule has 2 aliphatic heterocycles. The number of amides is 4. The third-order valence-electron chi connectivity index (χ3n) is 7.02. The summed E-state index contributed by atoms with van der Waals surface area (Å²) in [4.78, 5) is 77.3. The van der Waals surface area contributed by atoms with Gasteiger partial charge in [0.1, 0.15) is 6.61 Å². The molecule has 0 aliphatic carbocycles. The highest BCUT2D eigenvalue weighted by molar-refractivity contribution is 6.22. The Balaban J connectivity index is 1.22. The molecule has 0 saturated heterocycles. The Morgan fingerprint density at radius 3 is 1.59 bits per heavy atom. The van der Waals surface area contributed by atoms with Gasteiger partial charge in [-0.2, -0.15) is 0 Å². The van der Waals surface area contributed by atoms with E-state index in [2.05, 4.69) is 4.74 Å². The molecular weight excluding hydrogens is 528 g/mol. The van der Waals surface area contributed by atoms with E-state index in [1.807, 2.05) is 6.92 Å². The van der Waals surface area contributed by atoms with E-state index in [9.17, 15) is 28.8 Å². The Hall–Kier alpha value is -5.12. The molecule has 0 N–H and O–H groups in total. The van der Waals surface area contributed by atoms with Crippen molar-refractivity contribution in [2.75, 3.05) is 26.8 Å². The first-order valence-corrected chi connectivity index (χ1v) is 13.1. The van der Waals surface area contributed by atoms with Crippen LogP contribution in [0.5, 0.6) is 0 Å². The third kappa shape index (κ3) is 5.11. The van der Waals surface area contributed by atoms with Crippen LogP contribution in [0.4, 0.5) is 0 Å². The van der Waals surface area contributed by atoms with E-state index < -0.39 is 23.8 Å². The average molecular weight is 555 g/mol. The Morgan fingerprint density at radius 1 is 0.634 bits per heavy atom. The van der Waals surface area contributed by atoms with Crippen molar-refractivity contribution in [3.05, 3.63) is 105 Å². The first-order valence-electron chi connectivity index (χ1n) is 13.1. The van der Waals surface area contributed by atoms with E-state index in [0.29, 0.717) is 30.5 Å². The predicted octanol–water partition coefficient (Wildman–Crippen LogP) is 3.52. The highest BCUT2D eigenvalue weighted by Crippen LogP contribution is 2.28. The number of imide groups is 2. The number of rotatable bonds is 9. The monoisotopic (exact) mass is 554 g/mol. The fourth-order valence-electron chi connectivity index (χ4n) is 4.93. The molecule has 2 aliphatic rings. The van der Waals surface area contributed by atoms with Crippen molar-refractivity contribution < 1.29 is 38.2 Å². The summed E-state index contributed by atoms with van der Waals surface area (Å²) in [6, 6.07) is 15.8. The van der Waals surface area contributed by atoms with Gasteiger partial charge in [0.25, 0.3) is 23.6 Å². The first kappa shape index (κ1) is 27.4. The van der Waals surface area contributed by atoms with Crippen molar-refractivity contribution in [2.45, 2.75) is 19.8 Å². The number of hydrogen-bond acceptors (Lipinski definition) is 8. The van der Waals surface area contributed by atoms with Crippen LogP contribution in [0.25, 0.3) is 0 Å². The zero-order valence-corrected chi connectivity index (χ0v) is 22.5. The highest BCUT2D eigenvalue weighted by Gasteiger charge is 2.36. The number of carbonyl (C=O) groups is 6. The topological polar surface area (TPSA) is 127 Å². The second-order valence-corrected chi connectivity index (χ2v) is 9.67. The lowest BCUT2D eigenvalue weighted by molar-refractivity contribution is 0.0420. The second kappa shape index (κ2) is 11.2. The Labute approximate surface area is 235 Å². The van der Waals surface area contributed by atoms with Gasteiger partial charge in [-0.05, 0) is 72.5 Å². The van der Waals surface area contributed by atoms with Crippen molar-refractivity contribution in [1.29, 1.82) is 0 Å². The fraction of sp³-hybridized carbons (Fsp3) is 0.226. The minimum atomic E-state index is -0.660. The number of fused-ring (bicyclic) bond motifs is 2. The van der Waals surface area contributed by atoms with Gasteiger partial charge in [0.15, 0.2) is 0 Å². The molecule has 208 valence electrons. The zero-order chi connectivity index (χ0) is 29.3. The van der Waals surface area contributed by atoms with E-state index in [0.717, 1.165) is 16.0 Å². The summed E-state index contributed by atoms with van der Waals surface area (Å²) in [6.07, 6.45) is 1.07. The quantitative estimate of drug-likeness (QED) is 0.290. The van der Waals surface area contributed by atoms with Crippen LogP contribution in [0.1, 0.15) is 86.6 Å². The molecule has 10 nitrogen and oxygen atoms in total. The Morgan fingerprint density at radius 2 is 1.10 bits per heavy atom. The SMILES string of the molecule is CCCN1C(=O)c2ccc(Cc3ccc4c(c3)C(=O)N(CCOC(=O)c3ccc(C(=O)OC)cc3)C4=O)cc2C1=O. The minimum Gasteiger partial charge on any atom is -0.465 e. The maximum atomic E-state index is 13.1. The van der Waals surface area contributed by atoms with E-state index in [-0.39, 0.29) is 47.2 Å². The number of methoxy groups -OCH3 is 1. The van der Waals surface area contributed by atoms with Gasteiger partial charge in [0.05, 0.1) is 47.0 Å². The highest BCUT2D eigenvalue weighted by atomic mass is 16.5. The van der Waals surface area contributed by atoms with Gasteiger partial charge >= 0.3 is 11.9 Å². The number of carbonyl (C=O) groups excluding carboxylic acids is 6. The summed E-state index contributed by atoms with van der Waals surface area (Å²) >= 11 is 0. The standard InChI is InChI=1S/C31H26N2O8/c1-3-12-32-26(34)22-10-4-18(16-24(22)28(32)36)15-19-5-11-23-25(17-19)29(37)33(27(23)35)13-14-41-31(39)21-8-6-20(7-9-21)30(38)40-2/h4-11,16-17H,3,12-15H2,1-2H3. The summed E-state index contributed by atoms with van der Waals surface area (Å²) in [5.74, 6) is -2.76. The molecule has 0 radical (unpaired) electrons. The van der Waals surface area contributed by atoms with Crippen molar-refractivity contribution in [1.82, 2.24) is 9.80 Å². The summed E-state index contributed by atoms with van der Waals surface area (Å²) in [6.45, 7) is 1.94. The molecule has 0 spiro atoms. The molecule has 0 bridgehead atoms. The molecule has 10 heteroatoms. The smallest absolute Gasteiger partial charge is 0.338 e. The summed E-state index contributed by atoms with van der Waals surface area (Å²) < 4.78 is 9.86. The average Bonchev–Trinajstić information content (AvgIpc) is 3.36. The number of esters is 2. The van der Waals surface area contributed by atoms with Crippen LogP contribution in [0.15, 0.2) is 60.7 Å². The zero-order valence-electron chi connectivity index (χ0n) is 22.5. The van der Waals surface area contributed by atoms with Crippen LogP contribution in [0, 0.1) is 0 Å². The molecular formula is C31H26N2O8. The normalized spacial score (nSPS) is 13.9. The van der Waals surface area contributed by atoms with Crippen molar-refractivity contribution in [3.8, 4) is 0 Å². The molecule has 4 amide bonds. The lowest BCUT2D eigenvalue weighted by Crippen LogP contribution is -2.33. The van der Waals surface area contributed by atoms with E-state index in [1.54, 1.807) is 36.4 Å². The van der Waals surface area contributed by atoms with Crippen LogP contribution < -0.4 is 0 Å². The summed E-state index contributed by atoms with van der Waals surface area (Å²) in [5.41, 5.74) is 3.31. The van der Waals surface area contributed by atoms with Crippen LogP contribution in [0.2, 0.25) is 0 Å². The van der Waals surface area contributed by atoms with Crippen molar-refractivity contribution in [2.24, 2.45) is 0 Å². The van der Waals surface area contributed by atoms with E-state index in [1.165, 1.54) is 36.3 Å². The van der Waals surface area contributed by atoms with Gasteiger partial charge in [-0.25, -0.2) is 9.59 Å². The lowest BCUT2D eigenvalue weighted by atomic mass is 9.98. The van der Waals surface area contributed by atoms with Crippen LogP contribution in [-0.2, 0) is 15.9 Å². The molecule has 2 heterocycles. The molecule has 5 rings (SSSR count). The molecule has 3 aromatic rings. The van der Waals surface area contributed by atoms with Gasteiger partial charge in [0.2, 0.25) is 0 Å². The summed E-state index contributed by atoms with van der Waals surface area (Å²) in [7, 11) is 1.26. The number of ether oxygens (including phenoxy) is 2. The van der Waals surface area contributed by atoms with Gasteiger partial charge in [-0.3, -0.25) is 29.0 Å². The predicted molar refractivity (Wildman–Crippen MR) is 145 cm³/mol. The maximum absolute atomic E-state index is 13.1. The third-order valence-corrected chi connectivity index (χ3v) is 7.02. The van der Waals surface area contributed by atoms with Crippen LogP contribution >= 0.6 is 0 Å². The molecule has 41 heavy (non-hydrogen) atoms. The van der Waals surface area contributed by atoms with Crippen molar-refractivity contribution >= 4 is 35.6 Å². The second-order valence-electron chi connectivity index (χ2n) is 9.67. The largest absolute Gasteiger partial charge is 0.465 e. The van der Waals surface area contributed by atoms with E-state index >= 15 is 0 Å². The molecule has 0 unspecified atom stereocenters. The Bertz CT molecular complexity index is 1610. The number of hydrogen-bond donors (Lipinski definition) is 0. The molecule has 0 aromatic heterocycles. The van der Waals surface area contributed by atoms with Gasteiger partial charge in [-0.1, -0.05) is 19.1 Å². The molecule has 0 saturated carbocycles. The first-order chi connectivity index (χ1) is 19.7. The van der Waals surface area contributed by atoms with Crippen LogP contribution in [-0.4, -0.2) is 72.2 Å². The van der Waals surface area contributed by atoms with Crippen molar-refractivity contribution in [3.63, 3.8) is 0 Å². The number of nitrogens with zero attached hydrogens (tertiary/aromatic N) is 2. The summed E-state index contributed by atoms with van der Waals surface area (Å²) in [5, 5.41) is 0. The van der Waals surface area contributed by atoms with Crippen LogP contribution in [0.3, 0.4) is 0 Å². The molecule has 0 fully saturated rings. The van der Waals surface area contributed by atoms with Gasteiger partial charge in [0, 0.05) is 6.54 Å². The fourth-order valence-corrected chi connectivity index (χ4v) is 4.93. The maximum Gasteiger partial charge on any atom is 0.338 e. The van der Waals surface area contributed by atoms with Gasteiger partial charge in [-0.15, -0.1) is 0 Å². The molecule has 0 atom stereocenters. The van der Waals surface area contributed by atoms with E-state index in [4.69, 9.17) is 4.74 Å². The number of benzene rings is 3.